The van der Waals surface area contributed by atoms with Crippen molar-refractivity contribution in [2.75, 3.05) is 39.4 Å². The Labute approximate surface area is 156 Å². The van der Waals surface area contributed by atoms with E-state index in [4.69, 9.17) is 10.5 Å². The summed E-state index contributed by atoms with van der Waals surface area (Å²) in [5, 5.41) is 0. The fourth-order valence-electron chi connectivity index (χ4n) is 3.36. The Hall–Kier alpha value is -0.850. The van der Waals surface area contributed by atoms with Crippen LogP contribution in [0.2, 0.25) is 0 Å². The minimum absolute atomic E-state index is 0. The highest BCUT2D eigenvalue weighted by Crippen LogP contribution is 2.19. The molecule has 2 N–H and O–H groups in total. The summed E-state index contributed by atoms with van der Waals surface area (Å²) in [6, 6.07) is 9.69. The van der Waals surface area contributed by atoms with Crippen LogP contribution in [0.4, 0.5) is 0 Å². The summed E-state index contributed by atoms with van der Waals surface area (Å²) in [5.41, 5.74) is 7.01. The van der Waals surface area contributed by atoms with Crippen molar-refractivity contribution in [2.24, 2.45) is 5.73 Å². The Bertz CT molecular complexity index is 490. The number of nitrogens with two attached hydrogens (primary N) is 1. The molecular weight excluding hydrogens is 349 g/mol. The Morgan fingerprint density at radius 3 is 2.21 bits per heavy atom. The van der Waals surface area contributed by atoms with Crippen molar-refractivity contribution in [3.8, 4) is 0 Å². The van der Waals surface area contributed by atoms with E-state index < -0.39 is 6.04 Å². The maximum absolute atomic E-state index is 12.5. The molecule has 5 nitrogen and oxygen atoms in total. The molecule has 2 fully saturated rings. The summed E-state index contributed by atoms with van der Waals surface area (Å²) in [7, 11) is 0. The predicted octanol–water partition coefficient (Wildman–Crippen LogP) is 1.85. The zero-order valence-electron chi connectivity index (χ0n) is 13.8. The number of ether oxygens (including phenoxy) is 1. The minimum Gasteiger partial charge on any atom is -0.381 e. The van der Waals surface area contributed by atoms with Gasteiger partial charge in [-0.3, -0.25) is 9.69 Å². The van der Waals surface area contributed by atoms with Crippen LogP contribution in [0.1, 0.15) is 24.4 Å². The monoisotopic (exact) mass is 375 g/mol. The lowest BCUT2D eigenvalue weighted by atomic mass is 10.0. The second kappa shape index (κ2) is 10.2. The number of halogens is 2. The van der Waals surface area contributed by atoms with Gasteiger partial charge in [0.15, 0.2) is 0 Å². The van der Waals surface area contributed by atoms with Gasteiger partial charge in [-0.1, -0.05) is 30.3 Å². The summed E-state index contributed by atoms with van der Waals surface area (Å²) < 4.78 is 5.42. The van der Waals surface area contributed by atoms with Crippen LogP contribution in [-0.4, -0.2) is 61.1 Å². The molecule has 2 aliphatic heterocycles. The van der Waals surface area contributed by atoms with Crippen molar-refractivity contribution in [3.05, 3.63) is 35.9 Å². The molecule has 0 bridgehead atoms. The van der Waals surface area contributed by atoms with Crippen molar-refractivity contribution in [1.29, 1.82) is 0 Å². The molecule has 0 radical (unpaired) electrons. The first-order valence-corrected chi connectivity index (χ1v) is 8.17. The topological polar surface area (TPSA) is 58.8 Å². The molecule has 1 aromatic carbocycles. The van der Waals surface area contributed by atoms with Crippen LogP contribution in [0.5, 0.6) is 0 Å². The van der Waals surface area contributed by atoms with Gasteiger partial charge in [0.05, 0.1) is 0 Å². The van der Waals surface area contributed by atoms with E-state index in [2.05, 4.69) is 4.90 Å². The fraction of sp³-hybridized carbons (Fsp3) is 0.588. The number of amides is 1. The van der Waals surface area contributed by atoms with E-state index >= 15 is 0 Å². The molecule has 2 heterocycles. The third-order valence-corrected chi connectivity index (χ3v) is 4.76. The Morgan fingerprint density at radius 1 is 1.04 bits per heavy atom. The van der Waals surface area contributed by atoms with Gasteiger partial charge in [-0.25, -0.2) is 0 Å². The number of piperazine rings is 1. The zero-order chi connectivity index (χ0) is 15.4. The molecule has 1 aromatic rings. The van der Waals surface area contributed by atoms with Gasteiger partial charge < -0.3 is 15.4 Å². The van der Waals surface area contributed by atoms with Crippen LogP contribution in [0.25, 0.3) is 0 Å². The SMILES string of the molecule is Cl.Cl.NC(C(=O)N1CCN(C2CCOCC2)CC1)c1ccccc1. The van der Waals surface area contributed by atoms with E-state index in [1.165, 1.54) is 0 Å². The summed E-state index contributed by atoms with van der Waals surface area (Å²) in [6.07, 6.45) is 2.22. The van der Waals surface area contributed by atoms with Crippen molar-refractivity contribution in [3.63, 3.8) is 0 Å². The Balaban J connectivity index is 0.00000144. The Kier molecular flexibility index (Phi) is 9.02. The molecular formula is C17H27Cl2N3O2. The largest absolute Gasteiger partial charge is 0.381 e. The second-order valence-corrected chi connectivity index (χ2v) is 6.09. The molecule has 136 valence electrons. The average molecular weight is 376 g/mol. The third kappa shape index (κ3) is 5.07. The van der Waals surface area contributed by atoms with Crippen molar-refractivity contribution in [2.45, 2.75) is 24.9 Å². The quantitative estimate of drug-likeness (QED) is 0.875. The Morgan fingerprint density at radius 2 is 1.62 bits per heavy atom. The van der Waals surface area contributed by atoms with E-state index in [1.54, 1.807) is 0 Å². The molecule has 0 aromatic heterocycles. The highest BCUT2D eigenvalue weighted by Gasteiger charge is 2.29. The van der Waals surface area contributed by atoms with Crippen LogP contribution in [-0.2, 0) is 9.53 Å². The molecule has 7 heteroatoms. The highest BCUT2D eigenvalue weighted by atomic mass is 35.5. The molecule has 2 aliphatic rings. The van der Waals surface area contributed by atoms with Crippen molar-refractivity contribution >= 4 is 30.7 Å². The van der Waals surface area contributed by atoms with E-state index in [9.17, 15) is 4.79 Å². The normalized spacial score (nSPS) is 20.6. The molecule has 0 spiro atoms. The molecule has 1 amide bonds. The van der Waals surface area contributed by atoms with Gasteiger partial charge in [0.2, 0.25) is 5.91 Å². The number of nitrogens with zero attached hydrogens (tertiary/aromatic N) is 2. The first-order chi connectivity index (χ1) is 10.8. The van der Waals surface area contributed by atoms with Crippen LogP contribution >= 0.6 is 24.8 Å². The zero-order valence-corrected chi connectivity index (χ0v) is 15.4. The minimum atomic E-state index is -0.546. The number of rotatable bonds is 3. The average Bonchev–Trinajstić information content (AvgIpc) is 2.62. The van der Waals surface area contributed by atoms with Gasteiger partial charge in [-0.2, -0.15) is 0 Å². The number of hydrogen-bond acceptors (Lipinski definition) is 4. The number of hydrogen-bond donors (Lipinski definition) is 1. The predicted molar refractivity (Wildman–Crippen MR) is 99.9 cm³/mol. The highest BCUT2D eigenvalue weighted by molar-refractivity contribution is 5.85. The van der Waals surface area contributed by atoms with Gasteiger partial charge in [0.1, 0.15) is 6.04 Å². The lowest BCUT2D eigenvalue weighted by Gasteiger charge is -2.41. The maximum Gasteiger partial charge on any atom is 0.244 e. The number of benzene rings is 1. The van der Waals surface area contributed by atoms with Crippen molar-refractivity contribution < 1.29 is 9.53 Å². The summed E-state index contributed by atoms with van der Waals surface area (Å²) in [5.74, 6) is 0.0397. The fourth-order valence-corrected chi connectivity index (χ4v) is 3.36. The standard InChI is InChI=1S/C17H25N3O2.2ClH/c18-16(14-4-2-1-3-5-14)17(21)20-10-8-19(9-11-20)15-6-12-22-13-7-15;;/h1-5,15-16H,6-13,18H2;2*1H. The second-order valence-electron chi connectivity index (χ2n) is 6.09. The molecule has 1 atom stereocenters. The maximum atomic E-state index is 12.5. The smallest absolute Gasteiger partial charge is 0.244 e. The van der Waals surface area contributed by atoms with Gasteiger partial charge in [-0.05, 0) is 18.4 Å². The van der Waals surface area contributed by atoms with Gasteiger partial charge in [-0.15, -0.1) is 24.8 Å². The van der Waals surface area contributed by atoms with E-state index in [0.717, 1.165) is 57.8 Å². The van der Waals surface area contributed by atoms with Gasteiger partial charge in [0, 0.05) is 45.4 Å². The van der Waals surface area contributed by atoms with Crippen molar-refractivity contribution in [1.82, 2.24) is 9.80 Å². The van der Waals surface area contributed by atoms with E-state index in [1.807, 2.05) is 35.2 Å². The van der Waals surface area contributed by atoms with E-state index in [-0.39, 0.29) is 30.7 Å². The molecule has 0 saturated carbocycles. The van der Waals surface area contributed by atoms with Crippen LogP contribution in [0.15, 0.2) is 30.3 Å². The lowest BCUT2D eigenvalue weighted by Crippen LogP contribution is -2.54. The summed E-state index contributed by atoms with van der Waals surface area (Å²) in [4.78, 5) is 17.0. The molecule has 2 saturated heterocycles. The first-order valence-electron chi connectivity index (χ1n) is 8.17. The van der Waals surface area contributed by atoms with Crippen LogP contribution in [0.3, 0.4) is 0 Å². The van der Waals surface area contributed by atoms with Crippen LogP contribution in [0, 0.1) is 0 Å². The van der Waals surface area contributed by atoms with Gasteiger partial charge >= 0.3 is 0 Å². The van der Waals surface area contributed by atoms with Gasteiger partial charge in [0.25, 0.3) is 0 Å². The summed E-state index contributed by atoms with van der Waals surface area (Å²) >= 11 is 0. The number of carbonyl (C=O) groups is 1. The lowest BCUT2D eigenvalue weighted by molar-refractivity contribution is -0.135. The number of carbonyl (C=O) groups excluding carboxylic acids is 1. The first kappa shape index (κ1) is 21.2. The van der Waals surface area contributed by atoms with E-state index in [0.29, 0.717) is 6.04 Å². The molecule has 0 aliphatic carbocycles. The molecule has 24 heavy (non-hydrogen) atoms. The summed E-state index contributed by atoms with van der Waals surface area (Å²) in [6.45, 7) is 5.16. The van der Waals surface area contributed by atoms with Crippen LogP contribution < -0.4 is 5.73 Å². The molecule has 1 unspecified atom stereocenters. The molecule has 3 rings (SSSR count). The third-order valence-electron chi connectivity index (χ3n) is 4.76.